The topological polar surface area (TPSA) is 73.2 Å². The van der Waals surface area contributed by atoms with E-state index in [1.54, 1.807) is 41.3 Å². The number of carbonyl (C=O) groups excluding carboxylic acids is 2. The molecule has 0 unspecified atom stereocenters. The lowest BCUT2D eigenvalue weighted by atomic mass is 10.0. The summed E-state index contributed by atoms with van der Waals surface area (Å²) in [5.74, 6) is -0.996. The zero-order chi connectivity index (χ0) is 22.0. The maximum Gasteiger partial charge on any atom is 0.267 e. The van der Waals surface area contributed by atoms with Crippen LogP contribution >= 0.6 is 11.6 Å². The first-order valence-corrected chi connectivity index (χ1v) is 10.0. The SMILES string of the molecule is Cc1ccc(NC(=O)/C(C#N)=C2/C(=O)N(Cc3ccc(Cl)cc3)c3ccccc32)cc1. The van der Waals surface area contributed by atoms with Crippen molar-refractivity contribution in [1.29, 1.82) is 5.26 Å². The second-order valence-corrected chi connectivity index (χ2v) is 7.65. The van der Waals surface area contributed by atoms with Crippen molar-refractivity contribution in [3.8, 4) is 6.07 Å². The van der Waals surface area contributed by atoms with Crippen LogP contribution in [0.3, 0.4) is 0 Å². The number of hydrogen-bond acceptors (Lipinski definition) is 3. The molecule has 1 aliphatic rings. The van der Waals surface area contributed by atoms with Gasteiger partial charge < -0.3 is 10.2 Å². The van der Waals surface area contributed by atoms with Crippen molar-refractivity contribution >= 4 is 40.4 Å². The molecule has 0 fully saturated rings. The molecule has 0 aliphatic carbocycles. The standard InChI is InChI=1S/C25H18ClN3O2/c1-16-6-12-19(13-7-16)28-24(30)21(14-27)23-20-4-2-3-5-22(20)29(25(23)31)15-17-8-10-18(26)11-9-17/h2-13H,15H2,1H3,(H,28,30)/b23-21+. The van der Waals surface area contributed by atoms with E-state index in [2.05, 4.69) is 5.32 Å². The highest BCUT2D eigenvalue weighted by molar-refractivity contribution is 6.37. The minimum atomic E-state index is -0.613. The number of aryl methyl sites for hydroxylation is 1. The minimum Gasteiger partial charge on any atom is -0.321 e. The van der Waals surface area contributed by atoms with Gasteiger partial charge in [0.05, 0.1) is 17.8 Å². The summed E-state index contributed by atoms with van der Waals surface area (Å²) in [6, 6.07) is 23.5. The Labute approximate surface area is 185 Å². The molecule has 0 spiro atoms. The first-order chi connectivity index (χ1) is 15.0. The summed E-state index contributed by atoms with van der Waals surface area (Å²) >= 11 is 5.96. The van der Waals surface area contributed by atoms with E-state index in [4.69, 9.17) is 11.6 Å². The molecule has 3 aromatic carbocycles. The number of amides is 2. The van der Waals surface area contributed by atoms with Gasteiger partial charge in [-0.05, 0) is 42.8 Å². The van der Waals surface area contributed by atoms with E-state index in [9.17, 15) is 14.9 Å². The van der Waals surface area contributed by atoms with Gasteiger partial charge in [-0.25, -0.2) is 0 Å². The van der Waals surface area contributed by atoms with Crippen LogP contribution in [0.1, 0.15) is 16.7 Å². The Bertz CT molecular complexity index is 1240. The third kappa shape index (κ3) is 4.07. The summed E-state index contributed by atoms with van der Waals surface area (Å²) in [4.78, 5) is 27.8. The summed E-state index contributed by atoms with van der Waals surface area (Å²) in [5, 5.41) is 13.1. The summed E-state index contributed by atoms with van der Waals surface area (Å²) in [6.45, 7) is 2.24. The lowest BCUT2D eigenvalue weighted by Crippen LogP contribution is -2.27. The molecule has 6 heteroatoms. The molecule has 1 aliphatic heterocycles. The zero-order valence-corrected chi connectivity index (χ0v) is 17.5. The van der Waals surface area contributed by atoms with Gasteiger partial charge in [0, 0.05) is 16.3 Å². The van der Waals surface area contributed by atoms with Crippen LogP contribution in [0.15, 0.2) is 78.4 Å². The normalized spacial score (nSPS) is 14.1. The van der Waals surface area contributed by atoms with Gasteiger partial charge in [-0.1, -0.05) is 59.6 Å². The van der Waals surface area contributed by atoms with Gasteiger partial charge in [0.15, 0.2) is 0 Å². The molecule has 5 nitrogen and oxygen atoms in total. The predicted octanol–water partition coefficient (Wildman–Crippen LogP) is 5.11. The number of carbonyl (C=O) groups is 2. The van der Waals surface area contributed by atoms with Gasteiger partial charge in [-0.15, -0.1) is 0 Å². The van der Waals surface area contributed by atoms with Gasteiger partial charge >= 0.3 is 0 Å². The average molecular weight is 428 g/mol. The number of fused-ring (bicyclic) bond motifs is 1. The van der Waals surface area contributed by atoms with Crippen LogP contribution in [0.2, 0.25) is 5.02 Å². The van der Waals surface area contributed by atoms with Crippen LogP contribution in [-0.4, -0.2) is 11.8 Å². The van der Waals surface area contributed by atoms with Crippen molar-refractivity contribution in [2.75, 3.05) is 10.2 Å². The molecule has 0 radical (unpaired) electrons. The van der Waals surface area contributed by atoms with E-state index < -0.39 is 5.91 Å². The van der Waals surface area contributed by atoms with Crippen molar-refractivity contribution in [3.05, 3.63) is 100 Å². The maximum atomic E-state index is 13.3. The van der Waals surface area contributed by atoms with Crippen LogP contribution in [0.4, 0.5) is 11.4 Å². The number of nitrogens with zero attached hydrogens (tertiary/aromatic N) is 2. The first kappa shape index (κ1) is 20.4. The Morgan fingerprint density at radius 1 is 1.03 bits per heavy atom. The highest BCUT2D eigenvalue weighted by Crippen LogP contribution is 2.39. The van der Waals surface area contributed by atoms with Crippen LogP contribution < -0.4 is 10.2 Å². The highest BCUT2D eigenvalue weighted by atomic mass is 35.5. The van der Waals surface area contributed by atoms with E-state index in [0.29, 0.717) is 28.5 Å². The Hall–Kier alpha value is -3.88. The van der Waals surface area contributed by atoms with Gasteiger partial charge in [0.2, 0.25) is 0 Å². The molecule has 31 heavy (non-hydrogen) atoms. The quantitative estimate of drug-likeness (QED) is 0.464. The maximum absolute atomic E-state index is 13.3. The van der Waals surface area contributed by atoms with Gasteiger partial charge in [0.1, 0.15) is 11.6 Å². The highest BCUT2D eigenvalue weighted by Gasteiger charge is 2.36. The predicted molar refractivity (Wildman–Crippen MR) is 121 cm³/mol. The molecule has 152 valence electrons. The lowest BCUT2D eigenvalue weighted by molar-refractivity contribution is -0.114. The Morgan fingerprint density at radius 2 is 1.71 bits per heavy atom. The second kappa shape index (κ2) is 8.47. The third-order valence-corrected chi connectivity index (χ3v) is 5.33. The number of hydrogen-bond donors (Lipinski definition) is 1. The molecule has 0 aromatic heterocycles. The van der Waals surface area contributed by atoms with Gasteiger partial charge in [-0.3, -0.25) is 9.59 Å². The smallest absolute Gasteiger partial charge is 0.267 e. The van der Waals surface area contributed by atoms with Crippen molar-refractivity contribution < 1.29 is 9.59 Å². The van der Waals surface area contributed by atoms with Crippen LogP contribution in [0.5, 0.6) is 0 Å². The van der Waals surface area contributed by atoms with E-state index >= 15 is 0 Å². The largest absolute Gasteiger partial charge is 0.321 e. The number of benzene rings is 3. The molecule has 0 saturated heterocycles. The van der Waals surface area contributed by atoms with Crippen LogP contribution in [0.25, 0.3) is 5.57 Å². The minimum absolute atomic E-state index is 0.108. The van der Waals surface area contributed by atoms with Gasteiger partial charge in [0.25, 0.3) is 11.8 Å². The molecule has 0 bridgehead atoms. The van der Waals surface area contributed by atoms with Crippen LogP contribution in [0, 0.1) is 18.3 Å². The van der Waals surface area contributed by atoms with E-state index in [1.807, 2.05) is 49.4 Å². The number of nitriles is 1. The zero-order valence-electron chi connectivity index (χ0n) is 16.7. The molecule has 2 amide bonds. The summed E-state index contributed by atoms with van der Waals surface area (Å²) in [5.41, 5.74) is 3.62. The number of halogens is 1. The van der Waals surface area contributed by atoms with Crippen molar-refractivity contribution in [2.45, 2.75) is 13.5 Å². The fourth-order valence-corrected chi connectivity index (χ4v) is 3.63. The Balaban J connectivity index is 1.72. The van der Waals surface area contributed by atoms with E-state index in [0.717, 1.165) is 11.1 Å². The third-order valence-electron chi connectivity index (χ3n) is 5.08. The average Bonchev–Trinajstić information content (AvgIpc) is 3.04. The Morgan fingerprint density at radius 3 is 2.39 bits per heavy atom. The fourth-order valence-electron chi connectivity index (χ4n) is 3.50. The lowest BCUT2D eigenvalue weighted by Gasteiger charge is -2.17. The molecular weight excluding hydrogens is 410 g/mol. The van der Waals surface area contributed by atoms with Crippen molar-refractivity contribution in [2.24, 2.45) is 0 Å². The molecule has 1 heterocycles. The molecule has 0 saturated carbocycles. The molecule has 0 atom stereocenters. The molecule has 4 rings (SSSR count). The van der Waals surface area contributed by atoms with Crippen molar-refractivity contribution in [3.63, 3.8) is 0 Å². The van der Waals surface area contributed by atoms with Crippen molar-refractivity contribution in [1.82, 2.24) is 0 Å². The van der Waals surface area contributed by atoms with E-state index in [-0.39, 0.29) is 17.1 Å². The summed E-state index contributed by atoms with van der Waals surface area (Å²) in [6.07, 6.45) is 0. The summed E-state index contributed by atoms with van der Waals surface area (Å²) < 4.78 is 0. The number of para-hydroxylation sites is 1. The molecule has 1 N–H and O–H groups in total. The van der Waals surface area contributed by atoms with Crippen LogP contribution in [-0.2, 0) is 16.1 Å². The second-order valence-electron chi connectivity index (χ2n) is 7.22. The first-order valence-electron chi connectivity index (χ1n) is 9.66. The van der Waals surface area contributed by atoms with E-state index in [1.165, 1.54) is 0 Å². The molecule has 3 aromatic rings. The molecular formula is C25H18ClN3O2. The Kier molecular flexibility index (Phi) is 5.57. The number of anilines is 2. The number of nitrogens with one attached hydrogen (secondary N) is 1. The van der Waals surface area contributed by atoms with Gasteiger partial charge in [-0.2, -0.15) is 5.26 Å². The fraction of sp³-hybridized carbons (Fsp3) is 0.0800. The summed E-state index contributed by atoms with van der Waals surface area (Å²) in [7, 11) is 0. The monoisotopic (exact) mass is 427 g/mol. The number of rotatable bonds is 4.